The number of benzene rings is 1. The SMILES string of the molecule is C[C@H](NC(=O)[C@@H](C)OC(=O)[C@@H](C)N1C(=O)c2ccccc2C1=O)[C@H]1C[C@@H]2CC[C@@H]1C2. The summed E-state index contributed by atoms with van der Waals surface area (Å²) in [6.45, 7) is 4.96. The van der Waals surface area contributed by atoms with Gasteiger partial charge in [-0.15, -0.1) is 0 Å². The molecule has 2 aliphatic carbocycles. The van der Waals surface area contributed by atoms with Crippen LogP contribution in [0.4, 0.5) is 0 Å². The number of carbonyl (C=O) groups is 4. The van der Waals surface area contributed by atoms with E-state index >= 15 is 0 Å². The standard InChI is InChI=1S/C23H28N2O5/c1-12(19-11-15-8-9-16(19)10-15)24-20(26)14(3)30-23(29)13(2)25-21(27)17-6-4-5-7-18(17)22(25)28/h4-7,12-16,19H,8-11H2,1-3H3,(H,24,26)/t12-,13+,14+,15+,16+,19+/m0/s1. The summed E-state index contributed by atoms with van der Waals surface area (Å²) < 4.78 is 5.31. The third-order valence-corrected chi connectivity index (χ3v) is 7.02. The average molecular weight is 412 g/mol. The molecule has 1 aromatic rings. The predicted octanol–water partition coefficient (Wildman–Crippen LogP) is 2.54. The van der Waals surface area contributed by atoms with E-state index in [0.717, 1.165) is 17.2 Å². The average Bonchev–Trinajstić information content (AvgIpc) is 3.42. The fourth-order valence-corrected chi connectivity index (χ4v) is 5.35. The number of rotatable bonds is 6. The minimum Gasteiger partial charge on any atom is -0.451 e. The summed E-state index contributed by atoms with van der Waals surface area (Å²) in [5, 5.41) is 2.99. The normalized spacial score (nSPS) is 27.6. The largest absolute Gasteiger partial charge is 0.451 e. The van der Waals surface area contributed by atoms with Gasteiger partial charge in [-0.2, -0.15) is 0 Å². The van der Waals surface area contributed by atoms with Gasteiger partial charge in [-0.05, 0) is 69.9 Å². The quantitative estimate of drug-likeness (QED) is 0.573. The van der Waals surface area contributed by atoms with Crippen LogP contribution in [-0.2, 0) is 14.3 Å². The number of fused-ring (bicyclic) bond motifs is 3. The molecule has 7 nitrogen and oxygen atoms in total. The molecule has 0 spiro atoms. The highest BCUT2D eigenvalue weighted by molar-refractivity contribution is 6.22. The summed E-state index contributed by atoms with van der Waals surface area (Å²) >= 11 is 0. The molecule has 0 saturated heterocycles. The third-order valence-electron chi connectivity index (χ3n) is 7.02. The molecule has 2 fully saturated rings. The van der Waals surface area contributed by atoms with Crippen molar-refractivity contribution in [2.24, 2.45) is 17.8 Å². The molecule has 2 bridgehead atoms. The molecular formula is C23H28N2O5. The Morgan fingerprint density at radius 3 is 2.20 bits per heavy atom. The Morgan fingerprint density at radius 2 is 1.67 bits per heavy atom. The smallest absolute Gasteiger partial charge is 0.329 e. The third kappa shape index (κ3) is 3.50. The van der Waals surface area contributed by atoms with Gasteiger partial charge in [0.15, 0.2) is 6.10 Å². The fourth-order valence-electron chi connectivity index (χ4n) is 5.35. The highest BCUT2D eigenvalue weighted by Crippen LogP contribution is 2.49. The van der Waals surface area contributed by atoms with E-state index < -0.39 is 29.9 Å². The predicted molar refractivity (Wildman–Crippen MR) is 109 cm³/mol. The molecular weight excluding hydrogens is 384 g/mol. The van der Waals surface area contributed by atoms with Gasteiger partial charge < -0.3 is 10.1 Å². The van der Waals surface area contributed by atoms with E-state index in [1.54, 1.807) is 24.3 Å². The lowest BCUT2D eigenvalue weighted by atomic mass is 9.84. The Kier molecular flexibility index (Phi) is 5.38. The maximum atomic E-state index is 12.6. The van der Waals surface area contributed by atoms with Gasteiger partial charge in [0.1, 0.15) is 6.04 Å². The van der Waals surface area contributed by atoms with Crippen LogP contribution in [0.3, 0.4) is 0 Å². The Labute approximate surface area is 176 Å². The van der Waals surface area contributed by atoms with Crippen molar-refractivity contribution in [3.05, 3.63) is 35.4 Å². The van der Waals surface area contributed by atoms with Crippen LogP contribution in [0.25, 0.3) is 0 Å². The zero-order valence-electron chi connectivity index (χ0n) is 17.6. The molecule has 3 aliphatic rings. The molecule has 1 aromatic carbocycles. The van der Waals surface area contributed by atoms with E-state index in [1.165, 1.54) is 33.1 Å². The molecule has 0 aromatic heterocycles. The molecule has 0 unspecified atom stereocenters. The minimum atomic E-state index is -1.12. The topological polar surface area (TPSA) is 92.8 Å². The Hall–Kier alpha value is -2.70. The lowest BCUT2D eigenvalue weighted by Crippen LogP contribution is -2.48. The number of carbonyl (C=O) groups excluding carboxylic acids is 4. The van der Waals surface area contributed by atoms with E-state index in [1.807, 2.05) is 6.92 Å². The summed E-state index contributed by atoms with van der Waals surface area (Å²) in [5.41, 5.74) is 0.542. The number of nitrogens with zero attached hydrogens (tertiary/aromatic N) is 1. The van der Waals surface area contributed by atoms with E-state index in [0.29, 0.717) is 11.8 Å². The second-order valence-electron chi connectivity index (χ2n) is 8.92. The second kappa shape index (κ2) is 7.85. The maximum absolute atomic E-state index is 12.6. The molecule has 3 amide bonds. The van der Waals surface area contributed by atoms with E-state index in [9.17, 15) is 19.2 Å². The molecule has 160 valence electrons. The minimum absolute atomic E-state index is 0.0302. The molecule has 1 aliphatic heterocycles. The number of imide groups is 1. The number of esters is 1. The molecule has 2 saturated carbocycles. The summed E-state index contributed by atoms with van der Waals surface area (Å²) in [6, 6.07) is 5.36. The number of hydrogen-bond acceptors (Lipinski definition) is 5. The first-order chi connectivity index (χ1) is 14.3. The first-order valence-corrected chi connectivity index (χ1v) is 10.8. The molecule has 4 rings (SSSR count). The van der Waals surface area contributed by atoms with Crippen LogP contribution in [0.2, 0.25) is 0 Å². The van der Waals surface area contributed by atoms with Crippen LogP contribution < -0.4 is 5.32 Å². The van der Waals surface area contributed by atoms with Crippen molar-refractivity contribution < 1.29 is 23.9 Å². The Morgan fingerprint density at radius 1 is 1.03 bits per heavy atom. The van der Waals surface area contributed by atoms with Gasteiger partial charge in [0.05, 0.1) is 11.1 Å². The van der Waals surface area contributed by atoms with Gasteiger partial charge in [0, 0.05) is 6.04 Å². The molecule has 1 N–H and O–H groups in total. The Balaban J connectivity index is 1.33. The van der Waals surface area contributed by atoms with Crippen molar-refractivity contribution >= 4 is 23.7 Å². The highest BCUT2D eigenvalue weighted by Gasteiger charge is 2.43. The van der Waals surface area contributed by atoms with Crippen molar-refractivity contribution in [3.63, 3.8) is 0 Å². The van der Waals surface area contributed by atoms with Crippen molar-refractivity contribution in [2.75, 3.05) is 0 Å². The lowest BCUT2D eigenvalue weighted by Gasteiger charge is -2.29. The molecule has 6 atom stereocenters. The van der Waals surface area contributed by atoms with Gasteiger partial charge in [0.25, 0.3) is 17.7 Å². The first-order valence-electron chi connectivity index (χ1n) is 10.8. The van der Waals surface area contributed by atoms with Crippen LogP contribution in [0, 0.1) is 17.8 Å². The van der Waals surface area contributed by atoms with Crippen LogP contribution in [0.15, 0.2) is 24.3 Å². The monoisotopic (exact) mass is 412 g/mol. The van der Waals surface area contributed by atoms with Crippen molar-refractivity contribution in [2.45, 2.75) is 64.6 Å². The van der Waals surface area contributed by atoms with Crippen LogP contribution in [0.5, 0.6) is 0 Å². The van der Waals surface area contributed by atoms with Crippen LogP contribution in [0.1, 0.15) is 67.2 Å². The van der Waals surface area contributed by atoms with Crippen LogP contribution in [-0.4, -0.2) is 46.8 Å². The van der Waals surface area contributed by atoms with Crippen molar-refractivity contribution in [1.82, 2.24) is 10.2 Å². The van der Waals surface area contributed by atoms with Crippen molar-refractivity contribution in [1.29, 1.82) is 0 Å². The fraction of sp³-hybridized carbons (Fsp3) is 0.565. The zero-order chi connectivity index (χ0) is 21.6. The number of ether oxygens (including phenoxy) is 1. The summed E-state index contributed by atoms with van der Waals surface area (Å²) in [7, 11) is 0. The van der Waals surface area contributed by atoms with E-state index in [2.05, 4.69) is 5.32 Å². The first kappa shape index (κ1) is 20.6. The molecule has 0 radical (unpaired) electrons. The number of hydrogen-bond donors (Lipinski definition) is 1. The molecule has 1 heterocycles. The maximum Gasteiger partial charge on any atom is 0.329 e. The molecule has 7 heteroatoms. The second-order valence-corrected chi connectivity index (χ2v) is 8.92. The number of nitrogens with one attached hydrogen (secondary N) is 1. The van der Waals surface area contributed by atoms with Gasteiger partial charge in [-0.25, -0.2) is 4.79 Å². The van der Waals surface area contributed by atoms with Crippen molar-refractivity contribution in [3.8, 4) is 0 Å². The van der Waals surface area contributed by atoms with Crippen LogP contribution >= 0.6 is 0 Å². The van der Waals surface area contributed by atoms with Gasteiger partial charge in [0.2, 0.25) is 0 Å². The number of amides is 3. The summed E-state index contributed by atoms with van der Waals surface area (Å²) in [6.07, 6.45) is 3.93. The zero-order valence-corrected chi connectivity index (χ0v) is 17.6. The van der Waals surface area contributed by atoms with E-state index in [4.69, 9.17) is 4.74 Å². The van der Waals surface area contributed by atoms with Gasteiger partial charge in [-0.1, -0.05) is 18.6 Å². The summed E-state index contributed by atoms with van der Waals surface area (Å²) in [5.74, 6) is -0.239. The molecule has 30 heavy (non-hydrogen) atoms. The Bertz CT molecular complexity index is 862. The van der Waals surface area contributed by atoms with Gasteiger partial charge >= 0.3 is 5.97 Å². The van der Waals surface area contributed by atoms with E-state index in [-0.39, 0.29) is 23.1 Å². The highest BCUT2D eigenvalue weighted by atomic mass is 16.5. The van der Waals surface area contributed by atoms with Gasteiger partial charge in [-0.3, -0.25) is 19.3 Å². The lowest BCUT2D eigenvalue weighted by molar-refractivity contribution is -0.158. The summed E-state index contributed by atoms with van der Waals surface area (Å²) in [4.78, 5) is 51.1.